The number of nitrogens with one attached hydrogen (secondary N) is 2. The lowest BCUT2D eigenvalue weighted by molar-refractivity contribution is 0.0643. The number of amides is 3. The summed E-state index contributed by atoms with van der Waals surface area (Å²) in [6.07, 6.45) is 2.00. The van der Waals surface area contributed by atoms with Gasteiger partial charge in [-0.2, -0.15) is 0 Å². The summed E-state index contributed by atoms with van der Waals surface area (Å²) in [6, 6.07) is 16.1. The van der Waals surface area contributed by atoms with Crippen molar-refractivity contribution in [3.63, 3.8) is 0 Å². The number of ether oxygens (including phenoxy) is 1. The number of fused-ring (bicyclic) bond motifs is 1. The molecule has 0 atom stereocenters. The molecule has 0 aliphatic carbocycles. The van der Waals surface area contributed by atoms with Gasteiger partial charge in [-0.3, -0.25) is 4.79 Å². The SMILES string of the molecule is CCN1CCN(C(=O)c2ccc(NC(=O)Nc3ccc(-c4nc(N5CCOCC5)c5c(ccn5C)n4)cc3)cc2)CC1. The van der Waals surface area contributed by atoms with Gasteiger partial charge in [0.2, 0.25) is 0 Å². The Morgan fingerprint density at radius 2 is 1.48 bits per heavy atom. The molecule has 4 heterocycles. The summed E-state index contributed by atoms with van der Waals surface area (Å²) in [4.78, 5) is 41.8. The van der Waals surface area contributed by atoms with E-state index >= 15 is 0 Å². The molecule has 2 aliphatic rings. The van der Waals surface area contributed by atoms with Crippen LogP contribution in [0.1, 0.15) is 17.3 Å². The molecule has 6 rings (SSSR count). The van der Waals surface area contributed by atoms with E-state index in [0.29, 0.717) is 36.0 Å². The average Bonchev–Trinajstić information content (AvgIpc) is 3.41. The number of morpholine rings is 1. The van der Waals surface area contributed by atoms with Crippen molar-refractivity contribution in [1.82, 2.24) is 24.3 Å². The Kier molecular flexibility index (Phi) is 8.02. The molecule has 2 aromatic heterocycles. The number of rotatable bonds is 6. The minimum atomic E-state index is -0.367. The number of hydrogen-bond acceptors (Lipinski definition) is 7. The molecule has 11 heteroatoms. The predicted molar refractivity (Wildman–Crippen MR) is 164 cm³/mol. The third-order valence-corrected chi connectivity index (χ3v) is 7.91. The van der Waals surface area contributed by atoms with E-state index < -0.39 is 0 Å². The van der Waals surface area contributed by atoms with Crippen LogP contribution in [0.4, 0.5) is 22.0 Å². The predicted octanol–water partition coefficient (Wildman–Crippen LogP) is 3.89. The zero-order valence-electron chi connectivity index (χ0n) is 24.0. The van der Waals surface area contributed by atoms with Crippen LogP contribution in [0.2, 0.25) is 0 Å². The van der Waals surface area contributed by atoms with Crippen molar-refractivity contribution in [2.24, 2.45) is 7.05 Å². The maximum absolute atomic E-state index is 12.9. The Morgan fingerprint density at radius 3 is 2.12 bits per heavy atom. The third-order valence-electron chi connectivity index (χ3n) is 7.91. The number of aromatic nitrogens is 3. The van der Waals surface area contributed by atoms with Gasteiger partial charge in [0.15, 0.2) is 11.6 Å². The van der Waals surface area contributed by atoms with Crippen molar-refractivity contribution in [2.75, 3.05) is 74.6 Å². The molecule has 0 saturated carbocycles. The minimum Gasteiger partial charge on any atom is -0.378 e. The zero-order valence-corrected chi connectivity index (χ0v) is 24.0. The second-order valence-electron chi connectivity index (χ2n) is 10.6. The number of urea groups is 1. The van der Waals surface area contributed by atoms with E-state index in [4.69, 9.17) is 14.7 Å². The van der Waals surface area contributed by atoms with Crippen LogP contribution in [0.25, 0.3) is 22.4 Å². The molecular formula is C31H36N8O3. The second-order valence-corrected chi connectivity index (χ2v) is 10.6. The Balaban J connectivity index is 1.09. The van der Waals surface area contributed by atoms with Crippen LogP contribution in [0, 0.1) is 0 Å². The van der Waals surface area contributed by atoms with E-state index in [2.05, 4.69) is 31.9 Å². The fraction of sp³-hybridized carbons (Fsp3) is 0.355. The van der Waals surface area contributed by atoms with Crippen LogP contribution < -0.4 is 15.5 Å². The first-order valence-electron chi connectivity index (χ1n) is 14.4. The number of anilines is 3. The molecule has 2 aliphatic heterocycles. The van der Waals surface area contributed by atoms with Crippen LogP contribution in [0.3, 0.4) is 0 Å². The maximum atomic E-state index is 12.9. The summed E-state index contributed by atoms with van der Waals surface area (Å²) in [7, 11) is 2.00. The van der Waals surface area contributed by atoms with Crippen molar-refractivity contribution < 1.29 is 14.3 Å². The van der Waals surface area contributed by atoms with Gasteiger partial charge in [-0.15, -0.1) is 0 Å². The van der Waals surface area contributed by atoms with Gasteiger partial charge < -0.3 is 34.6 Å². The van der Waals surface area contributed by atoms with E-state index in [1.807, 2.05) is 48.5 Å². The summed E-state index contributed by atoms with van der Waals surface area (Å²) in [5.74, 6) is 1.56. The quantitative estimate of drug-likeness (QED) is 0.363. The van der Waals surface area contributed by atoms with Crippen molar-refractivity contribution >= 4 is 40.2 Å². The van der Waals surface area contributed by atoms with Gasteiger partial charge in [0, 0.05) is 75.0 Å². The van der Waals surface area contributed by atoms with Crippen LogP contribution in [-0.2, 0) is 11.8 Å². The highest BCUT2D eigenvalue weighted by atomic mass is 16.5. The number of aryl methyl sites for hydroxylation is 1. The molecule has 4 aromatic rings. The Labute approximate surface area is 245 Å². The van der Waals surface area contributed by atoms with E-state index in [0.717, 1.165) is 68.2 Å². The summed E-state index contributed by atoms with van der Waals surface area (Å²) in [6.45, 7) is 9.31. The van der Waals surface area contributed by atoms with Crippen molar-refractivity contribution in [3.05, 3.63) is 66.4 Å². The van der Waals surface area contributed by atoms with Crippen molar-refractivity contribution in [1.29, 1.82) is 0 Å². The fourth-order valence-corrected chi connectivity index (χ4v) is 5.44. The summed E-state index contributed by atoms with van der Waals surface area (Å²) < 4.78 is 7.59. The lowest BCUT2D eigenvalue weighted by Crippen LogP contribution is -2.48. The summed E-state index contributed by atoms with van der Waals surface area (Å²) >= 11 is 0. The van der Waals surface area contributed by atoms with Gasteiger partial charge in [0.25, 0.3) is 5.91 Å². The molecular weight excluding hydrogens is 532 g/mol. The zero-order chi connectivity index (χ0) is 29.1. The standard InChI is InChI=1S/C31H36N8O3/c1-3-37-14-16-39(17-15-37)30(40)23-6-10-25(11-7-23)33-31(41)32-24-8-4-22(5-9-24)28-34-26-12-13-36(2)27(26)29(35-28)38-18-20-42-21-19-38/h4-13H,3,14-21H2,1-2H3,(H2,32,33,41). The molecule has 11 nitrogen and oxygen atoms in total. The molecule has 2 fully saturated rings. The van der Waals surface area contributed by atoms with E-state index in [1.165, 1.54) is 0 Å². The highest BCUT2D eigenvalue weighted by molar-refractivity contribution is 6.00. The maximum Gasteiger partial charge on any atom is 0.323 e. The van der Waals surface area contributed by atoms with E-state index in [-0.39, 0.29) is 11.9 Å². The molecule has 218 valence electrons. The number of nitrogens with zero attached hydrogens (tertiary/aromatic N) is 6. The lowest BCUT2D eigenvalue weighted by atomic mass is 10.1. The number of carbonyl (C=O) groups is 2. The molecule has 2 saturated heterocycles. The molecule has 2 aromatic carbocycles. The first-order valence-corrected chi connectivity index (χ1v) is 14.4. The minimum absolute atomic E-state index is 0.0225. The van der Waals surface area contributed by atoms with Gasteiger partial charge >= 0.3 is 6.03 Å². The molecule has 3 amide bonds. The number of benzene rings is 2. The van der Waals surface area contributed by atoms with Gasteiger partial charge in [0.05, 0.1) is 18.7 Å². The Bertz CT molecular complexity index is 1550. The lowest BCUT2D eigenvalue weighted by Gasteiger charge is -2.34. The first kappa shape index (κ1) is 27.7. The molecule has 0 spiro atoms. The smallest absolute Gasteiger partial charge is 0.323 e. The monoisotopic (exact) mass is 568 g/mol. The van der Waals surface area contributed by atoms with E-state index in [9.17, 15) is 9.59 Å². The van der Waals surface area contributed by atoms with Crippen molar-refractivity contribution in [2.45, 2.75) is 6.92 Å². The van der Waals surface area contributed by atoms with Crippen molar-refractivity contribution in [3.8, 4) is 11.4 Å². The molecule has 0 bridgehead atoms. The normalized spacial score (nSPS) is 16.0. The first-order chi connectivity index (χ1) is 20.5. The highest BCUT2D eigenvalue weighted by Crippen LogP contribution is 2.29. The summed E-state index contributed by atoms with van der Waals surface area (Å²) in [5.41, 5.74) is 4.62. The van der Waals surface area contributed by atoms with Crippen LogP contribution in [0.5, 0.6) is 0 Å². The van der Waals surface area contributed by atoms with Gasteiger partial charge in [-0.25, -0.2) is 14.8 Å². The summed E-state index contributed by atoms with van der Waals surface area (Å²) in [5, 5.41) is 5.71. The van der Waals surface area contributed by atoms with Crippen LogP contribution >= 0.6 is 0 Å². The number of piperazine rings is 1. The average molecular weight is 569 g/mol. The second kappa shape index (κ2) is 12.2. The van der Waals surface area contributed by atoms with Gasteiger partial charge in [0.1, 0.15) is 5.52 Å². The fourth-order valence-electron chi connectivity index (χ4n) is 5.44. The highest BCUT2D eigenvalue weighted by Gasteiger charge is 2.22. The molecule has 0 radical (unpaired) electrons. The molecule has 2 N–H and O–H groups in total. The number of carbonyl (C=O) groups excluding carboxylic acids is 2. The Hall–Kier alpha value is -4.48. The molecule has 0 unspecified atom stereocenters. The van der Waals surface area contributed by atoms with Crippen LogP contribution in [0.15, 0.2) is 60.8 Å². The topological polar surface area (TPSA) is 108 Å². The van der Waals surface area contributed by atoms with Crippen LogP contribution in [-0.4, -0.2) is 95.3 Å². The van der Waals surface area contributed by atoms with Gasteiger partial charge in [-0.05, 0) is 61.1 Å². The third kappa shape index (κ3) is 5.93. The molecule has 42 heavy (non-hydrogen) atoms. The largest absolute Gasteiger partial charge is 0.378 e. The van der Waals surface area contributed by atoms with E-state index in [1.54, 1.807) is 24.3 Å². The Morgan fingerprint density at radius 1 is 0.833 bits per heavy atom. The van der Waals surface area contributed by atoms with Gasteiger partial charge in [-0.1, -0.05) is 6.92 Å². The number of likely N-dealkylation sites (N-methyl/N-ethyl adjacent to an activating group) is 1. The number of hydrogen-bond donors (Lipinski definition) is 2.